The molecule has 0 aliphatic rings. The minimum Gasteiger partial charge on any atom is -0.481 e. The molecule has 0 aliphatic heterocycles. The third-order valence-corrected chi connectivity index (χ3v) is 4.58. The Labute approximate surface area is 107 Å². The quantitative estimate of drug-likeness (QED) is 0.886. The Bertz CT molecular complexity index is 459. The average molecular weight is 279 g/mol. The summed E-state index contributed by atoms with van der Waals surface area (Å²) < 4.78 is 13.4. The molecule has 96 valence electrons. The van der Waals surface area contributed by atoms with Crippen molar-refractivity contribution in [3.8, 4) is 0 Å². The maximum Gasteiger partial charge on any atom is 0.304 e. The van der Waals surface area contributed by atoms with Crippen molar-refractivity contribution in [3.05, 3.63) is 16.4 Å². The van der Waals surface area contributed by atoms with Crippen LogP contribution in [0.1, 0.15) is 24.6 Å². The topological polar surface area (TPSA) is 72.2 Å². The van der Waals surface area contributed by atoms with Gasteiger partial charge in [0.1, 0.15) is 5.15 Å². The van der Waals surface area contributed by atoms with Gasteiger partial charge >= 0.3 is 5.97 Å². The second-order valence-electron chi connectivity index (χ2n) is 3.91. The van der Waals surface area contributed by atoms with Gasteiger partial charge in [-0.15, -0.1) is 0 Å². The van der Waals surface area contributed by atoms with E-state index in [0.717, 1.165) is 11.3 Å². The molecule has 0 aromatic carbocycles. The highest BCUT2D eigenvalue weighted by atomic mass is 35.5. The zero-order chi connectivity index (χ0) is 13.2. The number of aliphatic carboxylic acids is 1. The summed E-state index contributed by atoms with van der Waals surface area (Å²) >= 11 is 6.02. The summed E-state index contributed by atoms with van der Waals surface area (Å²) in [5.74, 6) is -0.702. The summed E-state index contributed by atoms with van der Waals surface area (Å²) in [7, 11) is 0.449. The Morgan fingerprint density at radius 2 is 2.24 bits per heavy atom. The maximum atomic E-state index is 11.9. The van der Waals surface area contributed by atoms with Gasteiger partial charge in [0.2, 0.25) is 0 Å². The van der Waals surface area contributed by atoms with E-state index in [2.05, 4.69) is 5.10 Å². The molecule has 0 radical (unpaired) electrons. The van der Waals surface area contributed by atoms with Crippen LogP contribution >= 0.6 is 11.6 Å². The molecule has 0 bridgehead atoms. The van der Waals surface area contributed by atoms with Crippen LogP contribution < -0.4 is 0 Å². The molecule has 5 nitrogen and oxygen atoms in total. The van der Waals surface area contributed by atoms with Gasteiger partial charge in [-0.05, 0) is 6.92 Å². The minimum atomic E-state index is -1.26. The summed E-state index contributed by atoms with van der Waals surface area (Å²) in [6.07, 6.45) is -0.108. The number of hydrogen-bond acceptors (Lipinski definition) is 3. The summed E-state index contributed by atoms with van der Waals surface area (Å²) in [6.45, 7) is 3.45. The third-order valence-electron chi connectivity index (χ3n) is 2.47. The molecule has 0 saturated heterocycles. The van der Waals surface area contributed by atoms with Crippen molar-refractivity contribution >= 4 is 28.4 Å². The molecule has 7 heteroatoms. The largest absolute Gasteiger partial charge is 0.481 e. The SMILES string of the molecule is Cc1nn(C)c(Cl)c1CS(=O)C(C)CC(=O)O. The predicted molar refractivity (Wildman–Crippen MR) is 66.5 cm³/mol. The van der Waals surface area contributed by atoms with Gasteiger partial charge in [-0.25, -0.2) is 0 Å². The van der Waals surface area contributed by atoms with Crippen molar-refractivity contribution in [1.29, 1.82) is 0 Å². The lowest BCUT2D eigenvalue weighted by Gasteiger charge is -2.08. The fraction of sp³-hybridized carbons (Fsp3) is 0.600. The molecule has 0 amide bonds. The lowest BCUT2D eigenvalue weighted by molar-refractivity contribution is -0.136. The van der Waals surface area contributed by atoms with E-state index in [1.54, 1.807) is 20.9 Å². The fourth-order valence-electron chi connectivity index (χ4n) is 1.46. The summed E-state index contributed by atoms with van der Waals surface area (Å²) in [5, 5.41) is 12.8. The third kappa shape index (κ3) is 3.54. The second-order valence-corrected chi connectivity index (χ2v) is 6.12. The Morgan fingerprint density at radius 1 is 1.65 bits per heavy atom. The highest BCUT2D eigenvalue weighted by Gasteiger charge is 2.19. The Hall–Kier alpha value is -0.880. The van der Waals surface area contributed by atoms with Crippen LogP contribution in [0.25, 0.3) is 0 Å². The number of carboxylic acids is 1. The van der Waals surface area contributed by atoms with E-state index in [-0.39, 0.29) is 12.2 Å². The van der Waals surface area contributed by atoms with Gasteiger partial charge in [-0.2, -0.15) is 5.10 Å². The first-order valence-corrected chi connectivity index (χ1v) is 6.85. The number of rotatable bonds is 5. The van der Waals surface area contributed by atoms with Crippen LogP contribution in [-0.4, -0.2) is 30.3 Å². The van der Waals surface area contributed by atoms with Gasteiger partial charge in [0.05, 0.1) is 17.9 Å². The van der Waals surface area contributed by atoms with Crippen molar-refractivity contribution in [1.82, 2.24) is 9.78 Å². The zero-order valence-electron chi connectivity index (χ0n) is 9.94. The number of aryl methyl sites for hydroxylation is 2. The number of halogens is 1. The van der Waals surface area contributed by atoms with Crippen LogP contribution in [0.2, 0.25) is 5.15 Å². The molecule has 17 heavy (non-hydrogen) atoms. The van der Waals surface area contributed by atoms with Gasteiger partial charge in [-0.1, -0.05) is 18.5 Å². The standard InChI is InChI=1S/C10H15ClN2O3S/c1-6(4-9(14)15)17(16)5-8-7(2)12-13(3)10(8)11/h6H,4-5H2,1-3H3,(H,14,15). The molecule has 0 spiro atoms. The van der Waals surface area contributed by atoms with Crippen LogP contribution in [0.15, 0.2) is 0 Å². The first kappa shape index (κ1) is 14.2. The molecule has 0 saturated carbocycles. The van der Waals surface area contributed by atoms with Crippen LogP contribution in [0, 0.1) is 6.92 Å². The molecule has 2 atom stereocenters. The van der Waals surface area contributed by atoms with E-state index in [4.69, 9.17) is 16.7 Å². The fourth-order valence-corrected chi connectivity index (χ4v) is 3.02. The first-order chi connectivity index (χ1) is 7.82. The molecule has 1 aromatic heterocycles. The van der Waals surface area contributed by atoms with Gasteiger partial charge in [-0.3, -0.25) is 13.7 Å². The minimum absolute atomic E-state index is 0.108. The Kier molecular flexibility index (Phi) is 4.70. The maximum absolute atomic E-state index is 11.9. The Morgan fingerprint density at radius 3 is 2.65 bits per heavy atom. The molecule has 1 heterocycles. The second kappa shape index (κ2) is 5.64. The molecule has 1 aromatic rings. The molecule has 2 unspecified atom stereocenters. The van der Waals surface area contributed by atoms with Crippen molar-refractivity contribution in [3.63, 3.8) is 0 Å². The van der Waals surface area contributed by atoms with Gasteiger partial charge in [0, 0.05) is 28.7 Å². The van der Waals surface area contributed by atoms with E-state index >= 15 is 0 Å². The highest BCUT2D eigenvalue weighted by Crippen LogP contribution is 2.21. The normalized spacial score (nSPS) is 14.6. The molecule has 0 fully saturated rings. The van der Waals surface area contributed by atoms with Crippen LogP contribution in [0.3, 0.4) is 0 Å². The molecule has 1 N–H and O–H groups in total. The number of nitrogens with zero attached hydrogens (tertiary/aromatic N) is 2. The number of aromatic nitrogens is 2. The Balaban J connectivity index is 2.77. The number of hydrogen-bond donors (Lipinski definition) is 1. The zero-order valence-corrected chi connectivity index (χ0v) is 11.5. The van der Waals surface area contributed by atoms with Crippen LogP contribution in [0.4, 0.5) is 0 Å². The van der Waals surface area contributed by atoms with Crippen molar-refractivity contribution < 1.29 is 14.1 Å². The van der Waals surface area contributed by atoms with E-state index in [9.17, 15) is 9.00 Å². The van der Waals surface area contributed by atoms with Gasteiger partial charge in [0.25, 0.3) is 0 Å². The van der Waals surface area contributed by atoms with Gasteiger partial charge in [0.15, 0.2) is 0 Å². The lowest BCUT2D eigenvalue weighted by Crippen LogP contribution is -2.17. The van der Waals surface area contributed by atoms with Crippen molar-refractivity contribution in [2.24, 2.45) is 7.05 Å². The summed E-state index contributed by atoms with van der Waals surface area (Å²) in [6, 6.07) is 0. The van der Waals surface area contributed by atoms with E-state index in [0.29, 0.717) is 5.15 Å². The number of carbonyl (C=O) groups is 1. The van der Waals surface area contributed by atoms with Crippen molar-refractivity contribution in [2.45, 2.75) is 31.3 Å². The van der Waals surface area contributed by atoms with Crippen LogP contribution in [0.5, 0.6) is 0 Å². The lowest BCUT2D eigenvalue weighted by atomic mass is 10.3. The van der Waals surface area contributed by atoms with Crippen molar-refractivity contribution in [2.75, 3.05) is 0 Å². The first-order valence-electron chi connectivity index (χ1n) is 5.09. The summed E-state index contributed by atoms with van der Waals surface area (Å²) in [5.41, 5.74) is 1.46. The molecule has 1 rings (SSSR count). The molecular formula is C10H15ClN2O3S. The highest BCUT2D eigenvalue weighted by molar-refractivity contribution is 7.84. The monoisotopic (exact) mass is 278 g/mol. The smallest absolute Gasteiger partial charge is 0.304 e. The van der Waals surface area contributed by atoms with Gasteiger partial charge < -0.3 is 5.11 Å². The molecular weight excluding hydrogens is 264 g/mol. The van der Waals surface area contributed by atoms with Crippen LogP contribution in [-0.2, 0) is 28.4 Å². The average Bonchev–Trinajstić information content (AvgIpc) is 2.44. The van der Waals surface area contributed by atoms with E-state index in [1.807, 2.05) is 0 Å². The summed E-state index contributed by atoms with van der Waals surface area (Å²) in [4.78, 5) is 10.5. The number of carboxylic acid groups (broad SMARTS) is 1. The molecule has 0 aliphatic carbocycles. The van der Waals surface area contributed by atoms with E-state index < -0.39 is 22.0 Å². The predicted octanol–water partition coefficient (Wildman–Crippen LogP) is 1.49. The van der Waals surface area contributed by atoms with E-state index in [1.165, 1.54) is 4.68 Å².